The van der Waals surface area contributed by atoms with Gasteiger partial charge in [-0.25, -0.2) is 0 Å². The van der Waals surface area contributed by atoms with Crippen LogP contribution in [0.4, 0.5) is 0 Å². The van der Waals surface area contributed by atoms with Crippen molar-refractivity contribution in [2.75, 3.05) is 13.7 Å². The number of benzene rings is 1. The van der Waals surface area contributed by atoms with Crippen LogP contribution >= 0.6 is 0 Å². The van der Waals surface area contributed by atoms with Crippen molar-refractivity contribution in [2.45, 2.75) is 0 Å². The molecule has 0 saturated carbocycles. The van der Waals surface area contributed by atoms with Crippen LogP contribution in [0.2, 0.25) is 0 Å². The fourth-order valence-electron chi connectivity index (χ4n) is 1.04. The normalized spacial score (nSPS) is 9.57. The van der Waals surface area contributed by atoms with E-state index in [2.05, 4.69) is 6.58 Å². The van der Waals surface area contributed by atoms with E-state index in [9.17, 15) is 4.79 Å². The number of carbonyl (C=O) groups is 1. The molecule has 1 rings (SSSR count). The number of aliphatic hydroxyl groups excluding tert-OH is 1. The van der Waals surface area contributed by atoms with E-state index in [0.29, 0.717) is 11.3 Å². The second-order valence-corrected chi connectivity index (χ2v) is 2.82. The molecule has 0 atom stereocenters. The zero-order valence-electron chi connectivity index (χ0n) is 7.99. The summed E-state index contributed by atoms with van der Waals surface area (Å²) in [6.45, 7) is 3.14. The minimum Gasteiger partial charge on any atom is -0.497 e. The Balaban J connectivity index is 2.95. The molecule has 0 unspecified atom stereocenters. The number of hydrogen-bond acceptors (Lipinski definition) is 3. The summed E-state index contributed by atoms with van der Waals surface area (Å²) in [6, 6.07) is 6.74. The smallest absolute Gasteiger partial charge is 0.190 e. The third kappa shape index (κ3) is 2.20. The maximum Gasteiger partial charge on any atom is 0.190 e. The molecule has 74 valence electrons. The van der Waals surface area contributed by atoms with Gasteiger partial charge in [0.2, 0.25) is 0 Å². The quantitative estimate of drug-likeness (QED) is 0.579. The molecule has 0 aliphatic carbocycles. The second-order valence-electron chi connectivity index (χ2n) is 2.82. The van der Waals surface area contributed by atoms with Crippen LogP contribution in [0.15, 0.2) is 36.4 Å². The van der Waals surface area contributed by atoms with Gasteiger partial charge in [-0.05, 0) is 12.1 Å². The molecule has 0 heterocycles. The van der Waals surface area contributed by atoms with Gasteiger partial charge in [-0.15, -0.1) is 0 Å². The molecule has 0 bridgehead atoms. The molecule has 3 nitrogen and oxygen atoms in total. The van der Waals surface area contributed by atoms with Crippen molar-refractivity contribution in [3.05, 3.63) is 42.0 Å². The van der Waals surface area contributed by atoms with Gasteiger partial charge in [0.15, 0.2) is 5.78 Å². The minimum atomic E-state index is -0.323. The van der Waals surface area contributed by atoms with Gasteiger partial charge in [-0.1, -0.05) is 18.7 Å². The van der Waals surface area contributed by atoms with Gasteiger partial charge in [0.25, 0.3) is 0 Å². The number of carbonyl (C=O) groups excluding carboxylic acids is 1. The van der Waals surface area contributed by atoms with Crippen LogP contribution in [-0.4, -0.2) is 24.6 Å². The van der Waals surface area contributed by atoms with Gasteiger partial charge < -0.3 is 9.84 Å². The van der Waals surface area contributed by atoms with Gasteiger partial charge in [-0.3, -0.25) is 4.79 Å². The fourth-order valence-corrected chi connectivity index (χ4v) is 1.04. The Hall–Kier alpha value is -1.61. The lowest BCUT2D eigenvalue weighted by Gasteiger charge is -2.03. The van der Waals surface area contributed by atoms with Crippen LogP contribution in [0.5, 0.6) is 5.75 Å². The highest BCUT2D eigenvalue weighted by Gasteiger charge is 2.09. The Morgan fingerprint density at radius 1 is 1.57 bits per heavy atom. The van der Waals surface area contributed by atoms with Crippen molar-refractivity contribution in [1.82, 2.24) is 0 Å². The van der Waals surface area contributed by atoms with Crippen molar-refractivity contribution in [3.8, 4) is 5.75 Å². The van der Waals surface area contributed by atoms with E-state index in [1.165, 1.54) is 7.11 Å². The predicted octanol–water partition coefficient (Wildman–Crippen LogP) is 1.43. The Kier molecular flexibility index (Phi) is 3.42. The summed E-state index contributed by atoms with van der Waals surface area (Å²) >= 11 is 0. The summed E-state index contributed by atoms with van der Waals surface area (Å²) in [5, 5.41) is 8.74. The average Bonchev–Trinajstić information content (AvgIpc) is 2.27. The second kappa shape index (κ2) is 4.58. The van der Waals surface area contributed by atoms with E-state index in [1.54, 1.807) is 24.3 Å². The molecule has 14 heavy (non-hydrogen) atoms. The highest BCUT2D eigenvalue weighted by molar-refractivity contribution is 6.08. The Morgan fingerprint density at radius 3 is 2.86 bits per heavy atom. The van der Waals surface area contributed by atoms with Crippen molar-refractivity contribution in [2.24, 2.45) is 0 Å². The molecule has 0 amide bonds. The fraction of sp³-hybridized carbons (Fsp3) is 0.182. The molecule has 1 N–H and O–H groups in total. The van der Waals surface area contributed by atoms with Gasteiger partial charge in [0.1, 0.15) is 5.75 Å². The summed E-state index contributed by atoms with van der Waals surface area (Å²) in [5.74, 6) is 0.355. The van der Waals surface area contributed by atoms with E-state index >= 15 is 0 Å². The van der Waals surface area contributed by atoms with Crippen LogP contribution in [0.25, 0.3) is 0 Å². The first kappa shape index (κ1) is 10.5. The maximum absolute atomic E-state index is 11.5. The third-order valence-electron chi connectivity index (χ3n) is 1.84. The summed E-state index contributed by atoms with van der Waals surface area (Å²) in [7, 11) is 1.53. The van der Waals surface area contributed by atoms with E-state index < -0.39 is 0 Å². The summed E-state index contributed by atoms with van der Waals surface area (Å²) in [4.78, 5) is 11.5. The molecule has 0 radical (unpaired) electrons. The van der Waals surface area contributed by atoms with Gasteiger partial charge in [-0.2, -0.15) is 0 Å². The predicted molar refractivity (Wildman–Crippen MR) is 53.6 cm³/mol. The first-order valence-electron chi connectivity index (χ1n) is 4.16. The molecule has 0 saturated heterocycles. The van der Waals surface area contributed by atoms with Crippen LogP contribution in [0, 0.1) is 0 Å². The number of aliphatic hydroxyl groups is 1. The molecular weight excluding hydrogens is 180 g/mol. The van der Waals surface area contributed by atoms with Crippen molar-refractivity contribution in [3.63, 3.8) is 0 Å². The molecule has 0 spiro atoms. The third-order valence-corrected chi connectivity index (χ3v) is 1.84. The van der Waals surface area contributed by atoms with E-state index in [-0.39, 0.29) is 18.0 Å². The number of ketones is 1. The monoisotopic (exact) mass is 192 g/mol. The number of methoxy groups -OCH3 is 1. The lowest BCUT2D eigenvalue weighted by Crippen LogP contribution is -2.05. The topological polar surface area (TPSA) is 46.5 Å². The maximum atomic E-state index is 11.5. The zero-order chi connectivity index (χ0) is 10.6. The van der Waals surface area contributed by atoms with E-state index in [1.807, 2.05) is 0 Å². The summed E-state index contributed by atoms with van der Waals surface area (Å²) in [6.07, 6.45) is 0. The Morgan fingerprint density at radius 2 is 2.29 bits per heavy atom. The highest BCUT2D eigenvalue weighted by atomic mass is 16.5. The standard InChI is InChI=1S/C11H12O3/c1-8(7-12)11(13)9-4-3-5-10(6-9)14-2/h3-6,12H,1,7H2,2H3. The molecule has 3 heteroatoms. The molecule has 0 aliphatic rings. The SMILES string of the molecule is C=C(CO)C(=O)c1cccc(OC)c1. The lowest BCUT2D eigenvalue weighted by molar-refractivity contribution is 0.102. The summed E-state index contributed by atoms with van der Waals surface area (Å²) < 4.78 is 4.97. The van der Waals surface area contributed by atoms with Gasteiger partial charge in [0.05, 0.1) is 13.7 Å². The average molecular weight is 192 g/mol. The molecule has 0 fully saturated rings. The Bertz CT molecular complexity index is 355. The zero-order valence-corrected chi connectivity index (χ0v) is 7.99. The van der Waals surface area contributed by atoms with E-state index in [4.69, 9.17) is 9.84 Å². The lowest BCUT2D eigenvalue weighted by atomic mass is 10.1. The van der Waals surface area contributed by atoms with Gasteiger partial charge in [0, 0.05) is 11.1 Å². The summed E-state index contributed by atoms with van der Waals surface area (Å²) in [5.41, 5.74) is 0.654. The van der Waals surface area contributed by atoms with E-state index in [0.717, 1.165) is 0 Å². The van der Waals surface area contributed by atoms with Crippen LogP contribution in [0.1, 0.15) is 10.4 Å². The first-order chi connectivity index (χ1) is 6.69. The number of Topliss-reactive ketones (excluding diaryl/α,β-unsaturated/α-hetero) is 1. The van der Waals surface area contributed by atoms with Crippen LogP contribution in [-0.2, 0) is 0 Å². The van der Waals surface area contributed by atoms with Crippen molar-refractivity contribution >= 4 is 5.78 Å². The Labute approximate surface area is 82.6 Å². The number of hydrogen-bond donors (Lipinski definition) is 1. The molecule has 0 aliphatic heterocycles. The molecular formula is C11H12O3. The van der Waals surface area contributed by atoms with Gasteiger partial charge >= 0.3 is 0 Å². The molecule has 0 aromatic heterocycles. The number of rotatable bonds is 4. The van der Waals surface area contributed by atoms with Crippen molar-refractivity contribution in [1.29, 1.82) is 0 Å². The van der Waals surface area contributed by atoms with Crippen LogP contribution < -0.4 is 4.74 Å². The molecule has 1 aromatic carbocycles. The van der Waals surface area contributed by atoms with Crippen molar-refractivity contribution < 1.29 is 14.6 Å². The number of ether oxygens (including phenoxy) is 1. The largest absolute Gasteiger partial charge is 0.497 e. The molecule has 1 aromatic rings. The minimum absolute atomic E-state index is 0.179. The van der Waals surface area contributed by atoms with Crippen LogP contribution in [0.3, 0.4) is 0 Å². The highest BCUT2D eigenvalue weighted by Crippen LogP contribution is 2.14. The first-order valence-corrected chi connectivity index (χ1v) is 4.16.